The third-order valence-electron chi connectivity index (χ3n) is 2.94. The van der Waals surface area contributed by atoms with Crippen LogP contribution in [0.1, 0.15) is 65.7 Å². The van der Waals surface area contributed by atoms with Crippen molar-refractivity contribution >= 4 is 5.97 Å². The van der Waals surface area contributed by atoms with Crippen molar-refractivity contribution in [2.24, 2.45) is 0 Å². The fourth-order valence-electron chi connectivity index (χ4n) is 1.70. The molecule has 0 aromatic heterocycles. The third kappa shape index (κ3) is 10.3. The minimum absolute atomic E-state index is 0.118. The Morgan fingerprint density at radius 2 is 1.82 bits per heavy atom. The van der Waals surface area contributed by atoms with E-state index in [4.69, 9.17) is 4.74 Å². The molecule has 3 nitrogen and oxygen atoms in total. The highest BCUT2D eigenvalue weighted by Gasteiger charge is 2.08. The maximum atomic E-state index is 11.4. The molecule has 17 heavy (non-hydrogen) atoms. The van der Waals surface area contributed by atoms with Crippen LogP contribution < -0.4 is 5.32 Å². The SMILES string of the molecule is CCCCCC(CC)NCC(=O)OCCCC. The fourth-order valence-corrected chi connectivity index (χ4v) is 1.70. The molecule has 0 fully saturated rings. The Hall–Kier alpha value is -0.570. The van der Waals surface area contributed by atoms with Crippen molar-refractivity contribution in [3.8, 4) is 0 Å². The molecule has 0 amide bonds. The number of carbonyl (C=O) groups excluding carboxylic acids is 1. The number of nitrogens with one attached hydrogen (secondary N) is 1. The molecule has 0 spiro atoms. The van der Waals surface area contributed by atoms with Gasteiger partial charge in [-0.25, -0.2) is 0 Å². The molecule has 0 aliphatic rings. The molecule has 102 valence electrons. The van der Waals surface area contributed by atoms with E-state index in [2.05, 4.69) is 26.1 Å². The smallest absolute Gasteiger partial charge is 0.319 e. The Labute approximate surface area is 106 Å². The van der Waals surface area contributed by atoms with E-state index < -0.39 is 0 Å². The summed E-state index contributed by atoms with van der Waals surface area (Å²) in [5.74, 6) is -0.118. The maximum absolute atomic E-state index is 11.4. The number of rotatable bonds is 11. The van der Waals surface area contributed by atoms with Crippen molar-refractivity contribution in [3.63, 3.8) is 0 Å². The summed E-state index contributed by atoms with van der Waals surface area (Å²) >= 11 is 0. The average Bonchev–Trinajstić information content (AvgIpc) is 2.34. The Morgan fingerprint density at radius 1 is 1.12 bits per heavy atom. The van der Waals surface area contributed by atoms with E-state index in [0.717, 1.165) is 25.7 Å². The molecule has 0 saturated carbocycles. The van der Waals surface area contributed by atoms with Crippen LogP contribution >= 0.6 is 0 Å². The summed E-state index contributed by atoms with van der Waals surface area (Å²) in [6.07, 6.45) is 8.02. The van der Waals surface area contributed by atoms with Gasteiger partial charge in [0.05, 0.1) is 13.2 Å². The average molecular weight is 243 g/mol. The lowest BCUT2D eigenvalue weighted by Crippen LogP contribution is -2.34. The topological polar surface area (TPSA) is 38.3 Å². The first-order chi connectivity index (χ1) is 8.24. The Kier molecular flexibility index (Phi) is 11.5. The van der Waals surface area contributed by atoms with Gasteiger partial charge in [0, 0.05) is 6.04 Å². The molecule has 0 saturated heterocycles. The summed E-state index contributed by atoms with van der Waals surface area (Å²) < 4.78 is 5.10. The van der Waals surface area contributed by atoms with Gasteiger partial charge in [-0.3, -0.25) is 4.79 Å². The molecule has 1 unspecified atom stereocenters. The normalized spacial score (nSPS) is 12.4. The molecule has 0 radical (unpaired) electrons. The van der Waals surface area contributed by atoms with Gasteiger partial charge in [-0.2, -0.15) is 0 Å². The summed E-state index contributed by atoms with van der Waals surface area (Å²) in [7, 11) is 0. The van der Waals surface area contributed by atoms with E-state index >= 15 is 0 Å². The lowest BCUT2D eigenvalue weighted by Gasteiger charge is -2.16. The molecule has 1 atom stereocenters. The van der Waals surface area contributed by atoms with Crippen LogP contribution in [0.5, 0.6) is 0 Å². The minimum Gasteiger partial charge on any atom is -0.465 e. The van der Waals surface area contributed by atoms with Crippen LogP contribution in [-0.4, -0.2) is 25.2 Å². The van der Waals surface area contributed by atoms with Crippen molar-refractivity contribution < 1.29 is 9.53 Å². The summed E-state index contributed by atoms with van der Waals surface area (Å²) in [5, 5.41) is 3.28. The van der Waals surface area contributed by atoms with Crippen LogP contribution in [0.4, 0.5) is 0 Å². The zero-order valence-corrected chi connectivity index (χ0v) is 11.8. The Morgan fingerprint density at radius 3 is 2.41 bits per heavy atom. The fraction of sp³-hybridized carbons (Fsp3) is 0.929. The van der Waals surface area contributed by atoms with Gasteiger partial charge in [0.2, 0.25) is 0 Å². The van der Waals surface area contributed by atoms with E-state index in [1.54, 1.807) is 0 Å². The highest BCUT2D eigenvalue weighted by molar-refractivity contribution is 5.71. The minimum atomic E-state index is -0.118. The number of hydrogen-bond acceptors (Lipinski definition) is 3. The molecule has 0 aliphatic carbocycles. The second kappa shape index (κ2) is 11.9. The van der Waals surface area contributed by atoms with E-state index in [-0.39, 0.29) is 5.97 Å². The van der Waals surface area contributed by atoms with Gasteiger partial charge in [0.1, 0.15) is 0 Å². The first kappa shape index (κ1) is 16.4. The molecule has 0 aromatic carbocycles. The highest BCUT2D eigenvalue weighted by atomic mass is 16.5. The van der Waals surface area contributed by atoms with Gasteiger partial charge >= 0.3 is 5.97 Å². The number of unbranched alkanes of at least 4 members (excludes halogenated alkanes) is 3. The van der Waals surface area contributed by atoms with Crippen molar-refractivity contribution in [3.05, 3.63) is 0 Å². The Balaban J connectivity index is 3.55. The molecular weight excluding hydrogens is 214 g/mol. The summed E-state index contributed by atoms with van der Waals surface area (Å²) in [6, 6.07) is 0.459. The van der Waals surface area contributed by atoms with Crippen molar-refractivity contribution in [1.29, 1.82) is 0 Å². The zero-order valence-electron chi connectivity index (χ0n) is 11.8. The van der Waals surface area contributed by atoms with Crippen LogP contribution in [0.15, 0.2) is 0 Å². The molecule has 1 N–H and O–H groups in total. The molecule has 3 heteroatoms. The third-order valence-corrected chi connectivity index (χ3v) is 2.94. The van der Waals surface area contributed by atoms with E-state index in [1.165, 1.54) is 19.3 Å². The highest BCUT2D eigenvalue weighted by Crippen LogP contribution is 2.05. The number of hydrogen-bond donors (Lipinski definition) is 1. The van der Waals surface area contributed by atoms with Crippen LogP contribution in [0.3, 0.4) is 0 Å². The molecular formula is C14H29NO2. The predicted molar refractivity (Wildman–Crippen MR) is 72.1 cm³/mol. The van der Waals surface area contributed by atoms with Gasteiger partial charge in [-0.1, -0.05) is 46.5 Å². The number of esters is 1. The lowest BCUT2D eigenvalue weighted by atomic mass is 10.1. The van der Waals surface area contributed by atoms with Gasteiger partial charge in [-0.05, 0) is 19.3 Å². The number of ether oxygens (including phenoxy) is 1. The first-order valence-corrected chi connectivity index (χ1v) is 7.13. The second-order valence-corrected chi connectivity index (χ2v) is 4.56. The van der Waals surface area contributed by atoms with Crippen molar-refractivity contribution in [2.45, 2.75) is 71.8 Å². The second-order valence-electron chi connectivity index (χ2n) is 4.56. The van der Waals surface area contributed by atoms with Gasteiger partial charge in [-0.15, -0.1) is 0 Å². The largest absolute Gasteiger partial charge is 0.465 e. The molecule has 0 aromatic rings. The van der Waals surface area contributed by atoms with Gasteiger partial charge in [0.15, 0.2) is 0 Å². The number of carbonyl (C=O) groups is 1. The van der Waals surface area contributed by atoms with Gasteiger partial charge < -0.3 is 10.1 Å². The molecule has 0 heterocycles. The quantitative estimate of drug-likeness (QED) is 0.447. The monoisotopic (exact) mass is 243 g/mol. The lowest BCUT2D eigenvalue weighted by molar-refractivity contribution is -0.142. The molecule has 0 rings (SSSR count). The van der Waals surface area contributed by atoms with Crippen LogP contribution in [0.25, 0.3) is 0 Å². The van der Waals surface area contributed by atoms with E-state index in [0.29, 0.717) is 19.2 Å². The predicted octanol–water partition coefficient (Wildman–Crippen LogP) is 3.28. The summed E-state index contributed by atoms with van der Waals surface area (Å²) in [4.78, 5) is 11.4. The standard InChI is InChI=1S/C14H29NO2/c1-4-7-9-10-13(6-3)15-12-14(16)17-11-8-5-2/h13,15H,4-12H2,1-3H3. The zero-order chi connectivity index (χ0) is 12.9. The van der Waals surface area contributed by atoms with Crippen LogP contribution in [0.2, 0.25) is 0 Å². The van der Waals surface area contributed by atoms with Crippen molar-refractivity contribution in [1.82, 2.24) is 5.32 Å². The Bertz CT molecular complexity index is 183. The first-order valence-electron chi connectivity index (χ1n) is 7.13. The van der Waals surface area contributed by atoms with Crippen molar-refractivity contribution in [2.75, 3.05) is 13.2 Å². The van der Waals surface area contributed by atoms with Crippen LogP contribution in [-0.2, 0) is 9.53 Å². The molecule has 0 aliphatic heterocycles. The van der Waals surface area contributed by atoms with E-state index in [1.807, 2.05) is 0 Å². The molecule has 0 bridgehead atoms. The maximum Gasteiger partial charge on any atom is 0.319 e. The van der Waals surface area contributed by atoms with Crippen LogP contribution in [0, 0.1) is 0 Å². The van der Waals surface area contributed by atoms with E-state index in [9.17, 15) is 4.79 Å². The summed E-state index contributed by atoms with van der Waals surface area (Å²) in [5.41, 5.74) is 0. The summed E-state index contributed by atoms with van der Waals surface area (Å²) in [6.45, 7) is 7.37. The van der Waals surface area contributed by atoms with Gasteiger partial charge in [0.25, 0.3) is 0 Å².